The molecule has 6 nitrogen and oxygen atoms in total. The van der Waals surface area contributed by atoms with Gasteiger partial charge in [-0.25, -0.2) is 8.42 Å². The minimum Gasteiger partial charge on any atom is -0.481 e. The van der Waals surface area contributed by atoms with Gasteiger partial charge in [0, 0.05) is 13.1 Å². The first kappa shape index (κ1) is 15.0. The highest BCUT2D eigenvalue weighted by Gasteiger charge is 2.30. The van der Waals surface area contributed by atoms with E-state index in [0.717, 1.165) is 5.56 Å². The molecule has 20 heavy (non-hydrogen) atoms. The van der Waals surface area contributed by atoms with E-state index in [4.69, 9.17) is 9.84 Å². The van der Waals surface area contributed by atoms with E-state index in [1.807, 2.05) is 30.3 Å². The lowest BCUT2D eigenvalue weighted by atomic mass is 10.1. The van der Waals surface area contributed by atoms with Gasteiger partial charge < -0.3 is 9.84 Å². The van der Waals surface area contributed by atoms with Gasteiger partial charge in [-0.1, -0.05) is 30.3 Å². The van der Waals surface area contributed by atoms with Crippen LogP contribution in [0.5, 0.6) is 0 Å². The van der Waals surface area contributed by atoms with Gasteiger partial charge >= 0.3 is 5.97 Å². The summed E-state index contributed by atoms with van der Waals surface area (Å²) in [5.74, 6) is -1.48. The molecule has 1 aliphatic heterocycles. The molecule has 0 saturated carbocycles. The van der Waals surface area contributed by atoms with Crippen LogP contribution in [-0.2, 0) is 19.6 Å². The highest BCUT2D eigenvalue weighted by atomic mass is 32.2. The third-order valence-electron chi connectivity index (χ3n) is 3.17. The average Bonchev–Trinajstić information content (AvgIpc) is 2.46. The number of aliphatic carboxylic acids is 1. The van der Waals surface area contributed by atoms with E-state index < -0.39 is 16.0 Å². The maximum absolute atomic E-state index is 12.1. The first-order valence-corrected chi connectivity index (χ1v) is 7.96. The van der Waals surface area contributed by atoms with E-state index in [-0.39, 0.29) is 31.4 Å². The van der Waals surface area contributed by atoms with Gasteiger partial charge in [0.15, 0.2) is 0 Å². The van der Waals surface area contributed by atoms with E-state index in [9.17, 15) is 13.2 Å². The number of sulfonamides is 1. The van der Waals surface area contributed by atoms with Gasteiger partial charge in [0.2, 0.25) is 10.0 Å². The largest absolute Gasteiger partial charge is 0.481 e. The molecule has 1 aromatic carbocycles. The van der Waals surface area contributed by atoms with Crippen molar-refractivity contribution in [3.8, 4) is 0 Å². The van der Waals surface area contributed by atoms with Crippen LogP contribution in [0.1, 0.15) is 18.1 Å². The van der Waals surface area contributed by atoms with E-state index in [0.29, 0.717) is 6.61 Å². The van der Waals surface area contributed by atoms with Crippen molar-refractivity contribution in [2.45, 2.75) is 12.5 Å². The second-order valence-corrected chi connectivity index (χ2v) is 6.68. The molecule has 0 spiro atoms. The molecule has 0 radical (unpaired) electrons. The third kappa shape index (κ3) is 3.78. The van der Waals surface area contributed by atoms with Gasteiger partial charge in [-0.15, -0.1) is 0 Å². The molecule has 0 aromatic heterocycles. The fourth-order valence-corrected chi connectivity index (χ4v) is 3.50. The highest BCUT2D eigenvalue weighted by Crippen LogP contribution is 2.23. The normalized spacial score (nSPS) is 20.7. The van der Waals surface area contributed by atoms with Crippen molar-refractivity contribution < 1.29 is 23.1 Å². The molecular weight excluding hydrogens is 282 g/mol. The zero-order chi connectivity index (χ0) is 14.6. The van der Waals surface area contributed by atoms with Crippen molar-refractivity contribution in [1.29, 1.82) is 0 Å². The van der Waals surface area contributed by atoms with E-state index in [2.05, 4.69) is 0 Å². The summed E-state index contributed by atoms with van der Waals surface area (Å²) in [6.07, 6.45) is -0.681. The second-order valence-electron chi connectivity index (χ2n) is 4.59. The first-order chi connectivity index (χ1) is 9.49. The molecule has 1 heterocycles. The zero-order valence-corrected chi connectivity index (χ0v) is 11.8. The summed E-state index contributed by atoms with van der Waals surface area (Å²) in [7, 11) is -3.55. The maximum atomic E-state index is 12.1. The van der Waals surface area contributed by atoms with Crippen LogP contribution in [-0.4, -0.2) is 49.2 Å². The summed E-state index contributed by atoms with van der Waals surface area (Å²) in [5.41, 5.74) is 0.922. The van der Waals surface area contributed by atoms with Crippen molar-refractivity contribution in [1.82, 2.24) is 4.31 Å². The van der Waals surface area contributed by atoms with E-state index in [1.54, 1.807) is 0 Å². The van der Waals surface area contributed by atoms with Gasteiger partial charge in [-0.2, -0.15) is 4.31 Å². The molecule has 1 fully saturated rings. The molecule has 0 bridgehead atoms. The fourth-order valence-electron chi connectivity index (χ4n) is 2.09. The van der Waals surface area contributed by atoms with Crippen molar-refractivity contribution in [2.24, 2.45) is 0 Å². The Morgan fingerprint density at radius 2 is 2.05 bits per heavy atom. The van der Waals surface area contributed by atoms with Crippen LogP contribution in [0.15, 0.2) is 30.3 Å². The topological polar surface area (TPSA) is 83.9 Å². The monoisotopic (exact) mass is 299 g/mol. The Hall–Kier alpha value is -1.44. The maximum Gasteiger partial charge on any atom is 0.304 e. The van der Waals surface area contributed by atoms with Crippen molar-refractivity contribution in [2.75, 3.05) is 25.4 Å². The van der Waals surface area contributed by atoms with Crippen LogP contribution >= 0.6 is 0 Å². The Kier molecular flexibility index (Phi) is 4.74. The lowest BCUT2D eigenvalue weighted by Gasteiger charge is -2.32. The predicted molar refractivity (Wildman–Crippen MR) is 72.7 cm³/mol. The number of hydrogen-bond acceptors (Lipinski definition) is 4. The summed E-state index contributed by atoms with van der Waals surface area (Å²) in [5, 5.41) is 8.60. The summed E-state index contributed by atoms with van der Waals surface area (Å²) in [6.45, 7) is 0.809. The average molecular weight is 299 g/mol. The Morgan fingerprint density at radius 1 is 1.35 bits per heavy atom. The molecule has 110 valence electrons. The van der Waals surface area contributed by atoms with E-state index >= 15 is 0 Å². The number of carbonyl (C=O) groups is 1. The number of morpholine rings is 1. The number of hydrogen-bond donors (Lipinski definition) is 1. The third-order valence-corrected chi connectivity index (χ3v) is 5.01. The molecule has 1 unspecified atom stereocenters. The molecule has 2 rings (SSSR count). The molecule has 0 amide bonds. The highest BCUT2D eigenvalue weighted by molar-refractivity contribution is 7.89. The Labute approximate surface area is 118 Å². The van der Waals surface area contributed by atoms with Crippen LogP contribution in [0.4, 0.5) is 0 Å². The summed E-state index contributed by atoms with van der Waals surface area (Å²) < 4.78 is 31.1. The van der Waals surface area contributed by atoms with Gasteiger partial charge in [0.25, 0.3) is 0 Å². The van der Waals surface area contributed by atoms with Gasteiger partial charge in [-0.3, -0.25) is 4.79 Å². The lowest BCUT2D eigenvalue weighted by molar-refractivity contribution is -0.136. The Balaban J connectivity index is 2.05. The van der Waals surface area contributed by atoms with Crippen molar-refractivity contribution >= 4 is 16.0 Å². The molecule has 1 N–H and O–H groups in total. The molecule has 1 saturated heterocycles. The number of carboxylic acid groups (broad SMARTS) is 1. The number of rotatable bonds is 5. The fraction of sp³-hybridized carbons (Fsp3) is 0.462. The quantitative estimate of drug-likeness (QED) is 0.872. The first-order valence-electron chi connectivity index (χ1n) is 6.35. The zero-order valence-electron chi connectivity index (χ0n) is 10.9. The van der Waals surface area contributed by atoms with Gasteiger partial charge in [0.1, 0.15) is 0 Å². The van der Waals surface area contributed by atoms with Crippen LogP contribution in [0, 0.1) is 0 Å². The number of nitrogens with zero attached hydrogens (tertiary/aromatic N) is 1. The molecule has 1 aliphatic rings. The Bertz CT molecular complexity index is 557. The Morgan fingerprint density at radius 3 is 2.70 bits per heavy atom. The molecule has 1 atom stereocenters. The summed E-state index contributed by atoms with van der Waals surface area (Å²) in [6, 6.07) is 9.40. The lowest BCUT2D eigenvalue weighted by Crippen LogP contribution is -2.43. The van der Waals surface area contributed by atoms with Crippen molar-refractivity contribution in [3.63, 3.8) is 0 Å². The summed E-state index contributed by atoms with van der Waals surface area (Å²) in [4.78, 5) is 10.5. The van der Waals surface area contributed by atoms with Crippen LogP contribution in [0.3, 0.4) is 0 Å². The minimum absolute atomic E-state index is 0.228. The van der Waals surface area contributed by atoms with Crippen molar-refractivity contribution in [3.05, 3.63) is 35.9 Å². The number of ether oxygens (including phenoxy) is 1. The van der Waals surface area contributed by atoms with Crippen LogP contribution < -0.4 is 0 Å². The molecular formula is C13H17NO5S. The van der Waals surface area contributed by atoms with E-state index in [1.165, 1.54) is 4.31 Å². The van der Waals surface area contributed by atoms with Gasteiger partial charge in [-0.05, 0) is 5.56 Å². The number of benzene rings is 1. The van der Waals surface area contributed by atoms with Crippen LogP contribution in [0.25, 0.3) is 0 Å². The molecule has 0 aliphatic carbocycles. The minimum atomic E-state index is -3.55. The standard InChI is InChI=1S/C13H17NO5S/c15-13(16)6-9-20(17,18)14-7-8-19-12(10-14)11-4-2-1-3-5-11/h1-5,12H,6-10H2,(H,15,16). The molecule has 7 heteroatoms. The predicted octanol–water partition coefficient (Wildman–Crippen LogP) is 0.864. The second kappa shape index (κ2) is 6.34. The SMILES string of the molecule is O=C(O)CCS(=O)(=O)N1CCOC(c2ccccc2)C1. The van der Waals surface area contributed by atoms with Crippen LogP contribution in [0.2, 0.25) is 0 Å². The number of carboxylic acids is 1. The smallest absolute Gasteiger partial charge is 0.304 e. The molecule has 1 aromatic rings. The summed E-state index contributed by atoms with van der Waals surface area (Å²) >= 11 is 0. The van der Waals surface area contributed by atoms with Gasteiger partial charge in [0.05, 0.1) is 24.9 Å².